The van der Waals surface area contributed by atoms with Gasteiger partial charge in [-0.25, -0.2) is 0 Å². The van der Waals surface area contributed by atoms with Gasteiger partial charge in [0.05, 0.1) is 19.8 Å². The molecule has 0 bridgehead atoms. The number of hydrogen-bond donors (Lipinski definition) is 2. The van der Waals surface area contributed by atoms with Gasteiger partial charge in [-0.2, -0.15) is 0 Å². The number of morpholine rings is 1. The first-order valence-electron chi connectivity index (χ1n) is 12.1. The molecule has 1 fully saturated rings. The van der Waals surface area contributed by atoms with Crippen molar-refractivity contribution in [2.45, 2.75) is 20.4 Å². The Morgan fingerprint density at radius 1 is 0.972 bits per heavy atom. The molecular formula is C28H32ClN3O4. The van der Waals surface area contributed by atoms with E-state index in [0.717, 1.165) is 48.8 Å². The van der Waals surface area contributed by atoms with E-state index in [1.807, 2.05) is 44.2 Å². The van der Waals surface area contributed by atoms with E-state index in [1.165, 1.54) is 5.69 Å². The van der Waals surface area contributed by atoms with Crippen LogP contribution in [-0.4, -0.2) is 45.4 Å². The van der Waals surface area contributed by atoms with Crippen LogP contribution in [0.3, 0.4) is 0 Å². The van der Waals surface area contributed by atoms with Crippen LogP contribution >= 0.6 is 11.6 Å². The molecule has 0 radical (unpaired) electrons. The predicted molar refractivity (Wildman–Crippen MR) is 145 cm³/mol. The Morgan fingerprint density at radius 3 is 2.33 bits per heavy atom. The van der Waals surface area contributed by atoms with Crippen molar-refractivity contribution in [1.82, 2.24) is 0 Å². The molecular weight excluding hydrogens is 478 g/mol. The molecule has 7 nitrogen and oxygen atoms in total. The Kier molecular flexibility index (Phi) is 8.92. The molecule has 1 aliphatic rings. The molecule has 2 N–H and O–H groups in total. The fraction of sp³-hybridized carbons (Fsp3) is 0.321. The topological polar surface area (TPSA) is 72.1 Å². The summed E-state index contributed by atoms with van der Waals surface area (Å²) in [5.74, 6) is 0.715. The monoisotopic (exact) mass is 509 g/mol. The van der Waals surface area contributed by atoms with E-state index in [4.69, 9.17) is 25.8 Å². The van der Waals surface area contributed by atoms with Gasteiger partial charge >= 0.3 is 0 Å². The van der Waals surface area contributed by atoms with Crippen LogP contribution in [-0.2, 0) is 16.1 Å². The minimum Gasteiger partial charge on any atom is -0.490 e. The van der Waals surface area contributed by atoms with Crippen LogP contribution in [0.1, 0.15) is 18.1 Å². The molecule has 3 aromatic rings. The summed E-state index contributed by atoms with van der Waals surface area (Å²) in [7, 11) is 0. The normalized spacial score (nSPS) is 13.2. The molecule has 0 aliphatic carbocycles. The summed E-state index contributed by atoms with van der Waals surface area (Å²) in [6, 6.07) is 19.5. The van der Waals surface area contributed by atoms with Gasteiger partial charge in [0, 0.05) is 47.8 Å². The van der Waals surface area contributed by atoms with Crippen molar-refractivity contribution in [3.05, 3.63) is 76.8 Å². The average Bonchev–Trinajstić information content (AvgIpc) is 2.90. The largest absolute Gasteiger partial charge is 0.490 e. The first-order chi connectivity index (χ1) is 17.5. The van der Waals surface area contributed by atoms with Crippen molar-refractivity contribution >= 4 is 34.6 Å². The molecule has 4 rings (SSSR count). The van der Waals surface area contributed by atoms with Gasteiger partial charge in [0.15, 0.2) is 18.1 Å². The van der Waals surface area contributed by atoms with Crippen molar-refractivity contribution < 1.29 is 19.0 Å². The van der Waals surface area contributed by atoms with Crippen LogP contribution in [0.25, 0.3) is 0 Å². The number of hydrogen-bond acceptors (Lipinski definition) is 6. The third-order valence-electron chi connectivity index (χ3n) is 5.83. The van der Waals surface area contributed by atoms with Gasteiger partial charge in [0.25, 0.3) is 5.91 Å². The SMILES string of the molecule is CCOc1cc(CNc2ccc(N3CCOCC3)cc2)c(Cl)cc1OCC(=O)Nc1ccc(C)cc1. The van der Waals surface area contributed by atoms with E-state index < -0.39 is 0 Å². The number of amides is 1. The standard InChI is InChI=1S/C28H32ClN3O4/c1-3-35-26-16-21(18-30-22-8-10-24(11-9-22)32-12-14-34-15-13-32)25(29)17-27(26)36-19-28(33)31-23-6-4-20(2)5-7-23/h4-11,16-17,30H,3,12-15,18-19H2,1-2H3,(H,31,33). The second-order valence-corrected chi connectivity index (χ2v) is 8.93. The highest BCUT2D eigenvalue weighted by Gasteiger charge is 2.14. The fourth-order valence-electron chi connectivity index (χ4n) is 3.88. The van der Waals surface area contributed by atoms with Crippen LogP contribution in [0.5, 0.6) is 11.5 Å². The second-order valence-electron chi connectivity index (χ2n) is 8.53. The summed E-state index contributed by atoms with van der Waals surface area (Å²) in [5, 5.41) is 6.77. The van der Waals surface area contributed by atoms with Crippen molar-refractivity contribution in [2.75, 3.05) is 55.1 Å². The zero-order valence-corrected chi connectivity index (χ0v) is 21.4. The number of rotatable bonds is 10. The summed E-state index contributed by atoms with van der Waals surface area (Å²) in [5.41, 5.74) is 4.90. The van der Waals surface area contributed by atoms with Gasteiger partial charge in [0.2, 0.25) is 0 Å². The Labute approximate surface area is 217 Å². The Hall–Kier alpha value is -3.42. The summed E-state index contributed by atoms with van der Waals surface area (Å²) in [4.78, 5) is 14.7. The summed E-state index contributed by atoms with van der Waals surface area (Å²) < 4.78 is 17.0. The average molecular weight is 510 g/mol. The van der Waals surface area contributed by atoms with E-state index >= 15 is 0 Å². The maximum atomic E-state index is 12.3. The molecule has 1 saturated heterocycles. The molecule has 190 valence electrons. The Morgan fingerprint density at radius 2 is 1.64 bits per heavy atom. The third kappa shape index (κ3) is 7.06. The van der Waals surface area contributed by atoms with Crippen LogP contribution in [0, 0.1) is 6.92 Å². The van der Waals surface area contributed by atoms with Crippen LogP contribution < -0.4 is 25.0 Å². The van der Waals surface area contributed by atoms with Crippen molar-refractivity contribution in [3.63, 3.8) is 0 Å². The number of halogens is 1. The van der Waals surface area contributed by atoms with E-state index in [0.29, 0.717) is 29.7 Å². The molecule has 3 aromatic carbocycles. The highest BCUT2D eigenvalue weighted by atomic mass is 35.5. The summed E-state index contributed by atoms with van der Waals surface area (Å²) >= 11 is 6.56. The second kappa shape index (κ2) is 12.5. The van der Waals surface area contributed by atoms with Gasteiger partial charge in [-0.15, -0.1) is 0 Å². The molecule has 0 saturated carbocycles. The lowest BCUT2D eigenvalue weighted by Crippen LogP contribution is -2.36. The van der Waals surface area contributed by atoms with Crippen LogP contribution in [0.4, 0.5) is 17.1 Å². The number of ether oxygens (including phenoxy) is 3. The zero-order chi connectivity index (χ0) is 25.3. The Balaban J connectivity index is 1.36. The minimum atomic E-state index is -0.260. The fourth-order valence-corrected chi connectivity index (χ4v) is 4.10. The number of nitrogens with one attached hydrogen (secondary N) is 2. The molecule has 1 heterocycles. The highest BCUT2D eigenvalue weighted by molar-refractivity contribution is 6.31. The van der Waals surface area contributed by atoms with Gasteiger partial charge in [0.1, 0.15) is 0 Å². The predicted octanol–water partition coefficient (Wildman–Crippen LogP) is 5.51. The first kappa shape index (κ1) is 25.7. The highest BCUT2D eigenvalue weighted by Crippen LogP contribution is 2.34. The number of benzene rings is 3. The Bertz CT molecular complexity index is 1150. The number of carbonyl (C=O) groups excluding carboxylic acids is 1. The quantitative estimate of drug-likeness (QED) is 0.375. The molecule has 8 heteroatoms. The van der Waals surface area contributed by atoms with Crippen LogP contribution in [0.2, 0.25) is 5.02 Å². The lowest BCUT2D eigenvalue weighted by molar-refractivity contribution is -0.118. The maximum absolute atomic E-state index is 12.3. The number of aryl methyl sites for hydroxylation is 1. The van der Waals surface area contributed by atoms with Crippen molar-refractivity contribution in [2.24, 2.45) is 0 Å². The molecule has 0 spiro atoms. The molecule has 36 heavy (non-hydrogen) atoms. The van der Waals surface area contributed by atoms with Gasteiger partial charge < -0.3 is 29.7 Å². The van der Waals surface area contributed by atoms with Crippen molar-refractivity contribution in [1.29, 1.82) is 0 Å². The molecule has 1 amide bonds. The zero-order valence-electron chi connectivity index (χ0n) is 20.7. The van der Waals surface area contributed by atoms with E-state index in [1.54, 1.807) is 6.07 Å². The maximum Gasteiger partial charge on any atom is 0.262 e. The molecule has 0 atom stereocenters. The van der Waals surface area contributed by atoms with E-state index in [9.17, 15) is 4.79 Å². The minimum absolute atomic E-state index is 0.155. The smallest absolute Gasteiger partial charge is 0.262 e. The lowest BCUT2D eigenvalue weighted by atomic mass is 10.2. The van der Waals surface area contributed by atoms with Gasteiger partial charge in [-0.3, -0.25) is 4.79 Å². The van der Waals surface area contributed by atoms with Crippen molar-refractivity contribution in [3.8, 4) is 11.5 Å². The van der Waals surface area contributed by atoms with Crippen LogP contribution in [0.15, 0.2) is 60.7 Å². The lowest BCUT2D eigenvalue weighted by Gasteiger charge is -2.29. The summed E-state index contributed by atoms with van der Waals surface area (Å²) in [6.45, 7) is 8.06. The first-order valence-corrected chi connectivity index (χ1v) is 12.5. The van der Waals surface area contributed by atoms with E-state index in [2.05, 4.69) is 39.8 Å². The number of nitrogens with zero attached hydrogens (tertiary/aromatic N) is 1. The molecule has 1 aliphatic heterocycles. The molecule has 0 unspecified atom stereocenters. The molecule has 0 aromatic heterocycles. The van der Waals surface area contributed by atoms with Gasteiger partial charge in [-0.05, 0) is 61.9 Å². The van der Waals surface area contributed by atoms with Gasteiger partial charge in [-0.1, -0.05) is 29.3 Å². The number of carbonyl (C=O) groups is 1. The third-order valence-corrected chi connectivity index (χ3v) is 6.19. The summed E-state index contributed by atoms with van der Waals surface area (Å²) in [6.07, 6.45) is 0. The van der Waals surface area contributed by atoms with E-state index in [-0.39, 0.29) is 12.5 Å². The number of anilines is 3.